The Labute approximate surface area is 270 Å². The molecule has 0 radical (unpaired) electrons. The molecule has 0 aliphatic rings. The molecule has 0 saturated heterocycles. The van der Waals surface area contributed by atoms with Crippen molar-refractivity contribution in [3.05, 3.63) is 45.9 Å². The lowest BCUT2D eigenvalue weighted by Crippen LogP contribution is -2.26. The summed E-state index contributed by atoms with van der Waals surface area (Å²) >= 11 is 0. The molecule has 0 saturated carbocycles. The minimum absolute atomic E-state index is 0.0342. The SMILES string of the molecule is CCCCCCCCCCCCCCCCCCOc1ccc([N+](=O)[O-])cc1OCNC(C)c1nnc2cc(C(C)(C)C)[nH]n12. The number of rotatable bonds is 24. The topological polar surface area (TPSA) is 120 Å². The molecule has 252 valence electrons. The Morgan fingerprint density at radius 2 is 1.42 bits per heavy atom. The van der Waals surface area contributed by atoms with Crippen LogP contribution in [0.1, 0.15) is 155 Å². The zero-order chi connectivity index (χ0) is 32.5. The highest BCUT2D eigenvalue weighted by atomic mass is 16.6. The number of ether oxygens (including phenoxy) is 2. The Morgan fingerprint density at radius 1 is 0.844 bits per heavy atom. The Hall–Kier alpha value is -3.14. The van der Waals surface area contributed by atoms with Crippen LogP contribution >= 0.6 is 0 Å². The van der Waals surface area contributed by atoms with Crippen molar-refractivity contribution in [2.45, 2.75) is 149 Å². The highest BCUT2D eigenvalue weighted by molar-refractivity contribution is 5.48. The van der Waals surface area contributed by atoms with E-state index in [1.807, 2.05) is 17.5 Å². The lowest BCUT2D eigenvalue weighted by atomic mass is 9.93. The first-order valence-corrected chi connectivity index (χ1v) is 17.4. The molecule has 0 aliphatic carbocycles. The second-order valence-electron chi connectivity index (χ2n) is 13.4. The van der Waals surface area contributed by atoms with Crippen molar-refractivity contribution in [3.8, 4) is 11.5 Å². The van der Waals surface area contributed by atoms with Gasteiger partial charge in [0.15, 0.2) is 23.0 Å². The molecule has 2 N–H and O–H groups in total. The number of nitrogens with zero attached hydrogens (tertiary/aromatic N) is 4. The Bertz CT molecular complexity index is 1260. The van der Waals surface area contributed by atoms with Crippen molar-refractivity contribution in [2.75, 3.05) is 13.3 Å². The minimum atomic E-state index is -0.423. The number of nitro benzene ring substituents is 1. The summed E-state index contributed by atoms with van der Waals surface area (Å²) < 4.78 is 13.8. The third-order valence-corrected chi connectivity index (χ3v) is 8.42. The van der Waals surface area contributed by atoms with Crippen molar-refractivity contribution >= 4 is 11.3 Å². The lowest BCUT2D eigenvalue weighted by Gasteiger charge is -2.17. The molecule has 45 heavy (non-hydrogen) atoms. The maximum absolute atomic E-state index is 11.4. The normalized spacial score (nSPS) is 12.6. The van der Waals surface area contributed by atoms with E-state index < -0.39 is 4.92 Å². The highest BCUT2D eigenvalue weighted by Gasteiger charge is 2.21. The van der Waals surface area contributed by atoms with Gasteiger partial charge in [-0.15, -0.1) is 10.2 Å². The van der Waals surface area contributed by atoms with E-state index >= 15 is 0 Å². The van der Waals surface area contributed by atoms with Crippen LogP contribution in [0.15, 0.2) is 24.3 Å². The molecule has 1 aromatic carbocycles. The van der Waals surface area contributed by atoms with Gasteiger partial charge in [0.1, 0.15) is 6.73 Å². The summed E-state index contributed by atoms with van der Waals surface area (Å²) in [6.45, 7) is 11.3. The van der Waals surface area contributed by atoms with Gasteiger partial charge < -0.3 is 9.47 Å². The fourth-order valence-electron chi connectivity index (χ4n) is 5.47. The summed E-state index contributed by atoms with van der Waals surface area (Å²) in [5, 5.41) is 26.7. The largest absolute Gasteiger partial charge is 0.490 e. The summed E-state index contributed by atoms with van der Waals surface area (Å²) in [7, 11) is 0. The summed E-state index contributed by atoms with van der Waals surface area (Å²) in [4.78, 5) is 11.0. The summed E-state index contributed by atoms with van der Waals surface area (Å²) in [6, 6.07) is 6.33. The van der Waals surface area contributed by atoms with Crippen LogP contribution in [0.3, 0.4) is 0 Å². The molecule has 0 bridgehead atoms. The Balaban J connectivity index is 1.32. The number of unbranched alkanes of at least 4 members (excludes halogenated alkanes) is 15. The van der Waals surface area contributed by atoms with Crippen molar-refractivity contribution in [3.63, 3.8) is 0 Å². The van der Waals surface area contributed by atoms with Crippen LogP contribution in [0, 0.1) is 10.1 Å². The maximum atomic E-state index is 11.4. The van der Waals surface area contributed by atoms with Crippen molar-refractivity contribution in [1.82, 2.24) is 25.1 Å². The molecule has 3 aromatic rings. The van der Waals surface area contributed by atoms with Crippen LogP contribution < -0.4 is 14.8 Å². The molecule has 0 aliphatic heterocycles. The van der Waals surface area contributed by atoms with Crippen LogP contribution in [0.5, 0.6) is 11.5 Å². The first-order valence-electron chi connectivity index (χ1n) is 17.4. The zero-order valence-electron chi connectivity index (χ0n) is 28.5. The van der Waals surface area contributed by atoms with Gasteiger partial charge in [-0.05, 0) is 19.4 Å². The molecule has 0 amide bonds. The Morgan fingerprint density at radius 3 is 1.98 bits per heavy atom. The number of aromatic nitrogens is 4. The van der Waals surface area contributed by atoms with Crippen LogP contribution in [0.4, 0.5) is 5.69 Å². The predicted molar refractivity (Wildman–Crippen MR) is 181 cm³/mol. The van der Waals surface area contributed by atoms with Gasteiger partial charge in [0.25, 0.3) is 5.69 Å². The van der Waals surface area contributed by atoms with Gasteiger partial charge in [0.05, 0.1) is 23.6 Å². The van der Waals surface area contributed by atoms with E-state index in [1.54, 1.807) is 6.07 Å². The van der Waals surface area contributed by atoms with E-state index in [4.69, 9.17) is 9.47 Å². The monoisotopic (exact) mass is 626 g/mol. The number of hydrogen-bond donors (Lipinski definition) is 2. The first-order chi connectivity index (χ1) is 21.7. The van der Waals surface area contributed by atoms with E-state index in [2.05, 4.69) is 48.3 Å². The molecule has 10 heteroatoms. The van der Waals surface area contributed by atoms with Crippen LogP contribution in [0.2, 0.25) is 0 Å². The molecule has 2 heterocycles. The third-order valence-electron chi connectivity index (χ3n) is 8.42. The van der Waals surface area contributed by atoms with Crippen molar-refractivity contribution in [2.24, 2.45) is 0 Å². The van der Waals surface area contributed by atoms with Gasteiger partial charge in [0, 0.05) is 23.2 Å². The number of nitrogens with one attached hydrogen (secondary N) is 2. The number of non-ortho nitro benzene ring substituents is 1. The molecule has 3 rings (SSSR count). The van der Waals surface area contributed by atoms with Crippen molar-refractivity contribution < 1.29 is 14.4 Å². The summed E-state index contributed by atoms with van der Waals surface area (Å²) in [5.41, 5.74) is 1.75. The summed E-state index contributed by atoms with van der Waals surface area (Å²) in [6.07, 6.45) is 21.1. The number of benzene rings is 1. The molecule has 1 atom stereocenters. The maximum Gasteiger partial charge on any atom is 0.273 e. The second kappa shape index (κ2) is 19.4. The van der Waals surface area contributed by atoms with E-state index in [9.17, 15) is 10.1 Å². The second-order valence-corrected chi connectivity index (χ2v) is 13.4. The number of nitro groups is 1. The van der Waals surface area contributed by atoms with Gasteiger partial charge in [0.2, 0.25) is 0 Å². The van der Waals surface area contributed by atoms with E-state index in [-0.39, 0.29) is 23.9 Å². The molecular formula is C35H58N6O4. The average molecular weight is 627 g/mol. The molecule has 2 aromatic heterocycles. The highest BCUT2D eigenvalue weighted by Crippen LogP contribution is 2.32. The van der Waals surface area contributed by atoms with Gasteiger partial charge in [-0.25, -0.2) is 4.52 Å². The van der Waals surface area contributed by atoms with Crippen molar-refractivity contribution in [1.29, 1.82) is 0 Å². The Kier molecular flexibility index (Phi) is 15.7. The van der Waals surface area contributed by atoms with E-state index in [0.717, 1.165) is 30.0 Å². The third kappa shape index (κ3) is 12.6. The number of aromatic amines is 1. The molecular weight excluding hydrogens is 568 g/mol. The first kappa shape index (κ1) is 36.3. The molecule has 10 nitrogen and oxygen atoms in total. The molecule has 1 unspecified atom stereocenters. The average Bonchev–Trinajstić information content (AvgIpc) is 3.61. The van der Waals surface area contributed by atoms with Crippen LogP contribution in [-0.4, -0.2) is 38.1 Å². The predicted octanol–water partition coefficient (Wildman–Crippen LogP) is 9.59. The smallest absolute Gasteiger partial charge is 0.273 e. The number of fused-ring (bicyclic) bond motifs is 1. The van der Waals surface area contributed by atoms with Crippen LogP contribution in [0.25, 0.3) is 5.65 Å². The quantitative estimate of drug-likeness (QED) is 0.0440. The number of hydrogen-bond acceptors (Lipinski definition) is 7. The minimum Gasteiger partial charge on any atom is -0.490 e. The van der Waals surface area contributed by atoms with E-state index in [1.165, 1.54) is 102 Å². The van der Waals surface area contributed by atoms with E-state index in [0.29, 0.717) is 18.1 Å². The molecule has 0 spiro atoms. The zero-order valence-corrected chi connectivity index (χ0v) is 28.5. The van der Waals surface area contributed by atoms with Gasteiger partial charge in [-0.2, -0.15) is 0 Å². The fourth-order valence-corrected chi connectivity index (χ4v) is 5.47. The standard InChI is InChI=1S/C35H58N6O4/c1-6-7-8-9-10-11-12-13-14-15-16-17-18-19-20-21-24-44-30-23-22-29(41(42)43)25-31(30)45-27-36-28(2)34-38-37-33-26-32(35(3,4)5)39-40(33)34/h22-23,25-26,28,36,39H,6-21,24,27H2,1-5H3. The van der Waals surface area contributed by atoms with Gasteiger partial charge in [-0.1, -0.05) is 124 Å². The van der Waals surface area contributed by atoms with Gasteiger partial charge >= 0.3 is 0 Å². The lowest BCUT2D eigenvalue weighted by molar-refractivity contribution is -0.385. The molecule has 0 fully saturated rings. The fraction of sp³-hybridized carbons (Fsp3) is 0.714. The van der Waals surface area contributed by atoms with Crippen LogP contribution in [-0.2, 0) is 5.41 Å². The number of H-pyrrole nitrogens is 1. The summed E-state index contributed by atoms with van der Waals surface area (Å²) in [5.74, 6) is 1.59. The van der Waals surface area contributed by atoms with Gasteiger partial charge in [-0.3, -0.25) is 20.5 Å².